The maximum Gasteiger partial charge on any atom is 0.212 e. The third kappa shape index (κ3) is 7.31. The second-order valence-electron chi connectivity index (χ2n) is 12.1. The number of nitrogens with zero attached hydrogens (tertiary/aromatic N) is 6. The Balaban J connectivity index is 2.38. The zero-order chi connectivity index (χ0) is 31.4. The summed E-state index contributed by atoms with van der Waals surface area (Å²) in [5.74, 6) is 0.214. The van der Waals surface area contributed by atoms with Gasteiger partial charge in [0.25, 0.3) is 0 Å². The number of amidine groups is 1. The lowest BCUT2D eigenvalue weighted by molar-refractivity contribution is -0.105. The average molecular weight is 596 g/mol. The van der Waals surface area contributed by atoms with Crippen molar-refractivity contribution in [2.75, 3.05) is 25.0 Å². The quantitative estimate of drug-likeness (QED) is 0.142. The van der Waals surface area contributed by atoms with Crippen molar-refractivity contribution in [2.45, 2.75) is 78.8 Å². The van der Waals surface area contributed by atoms with Crippen LogP contribution in [0.1, 0.15) is 89.9 Å². The van der Waals surface area contributed by atoms with E-state index < -0.39 is 5.83 Å². The van der Waals surface area contributed by atoms with Crippen LogP contribution in [0, 0.1) is 0 Å². The van der Waals surface area contributed by atoms with Gasteiger partial charge >= 0.3 is 0 Å². The number of aliphatic imine (C=N–C) groups is 1. The van der Waals surface area contributed by atoms with Gasteiger partial charge in [0.1, 0.15) is 29.5 Å². The van der Waals surface area contributed by atoms with Crippen molar-refractivity contribution < 1.29 is 9.18 Å². The molecule has 2 aromatic rings. The summed E-state index contributed by atoms with van der Waals surface area (Å²) >= 11 is 6.78. The van der Waals surface area contributed by atoms with Crippen LogP contribution in [0.5, 0.6) is 0 Å². The van der Waals surface area contributed by atoms with Gasteiger partial charge in [-0.3, -0.25) is 9.69 Å². The Morgan fingerprint density at radius 3 is 2.29 bits per heavy atom. The Morgan fingerprint density at radius 2 is 1.81 bits per heavy atom. The first kappa shape index (κ1) is 33.1. The van der Waals surface area contributed by atoms with Crippen LogP contribution in [-0.4, -0.2) is 68.2 Å². The molecule has 8 nitrogen and oxygen atoms in total. The average Bonchev–Trinajstić information content (AvgIpc) is 2.90. The lowest BCUT2D eigenvalue weighted by Gasteiger charge is -2.47. The van der Waals surface area contributed by atoms with Gasteiger partial charge in [-0.25, -0.2) is 24.3 Å². The van der Waals surface area contributed by atoms with E-state index in [9.17, 15) is 9.18 Å². The molecule has 2 aromatic heterocycles. The third-order valence-corrected chi connectivity index (χ3v) is 7.57. The van der Waals surface area contributed by atoms with Gasteiger partial charge < -0.3 is 10.2 Å². The molecule has 1 atom stereocenters. The summed E-state index contributed by atoms with van der Waals surface area (Å²) in [7, 11) is 0. The second kappa shape index (κ2) is 13.7. The van der Waals surface area contributed by atoms with E-state index in [0.717, 1.165) is 24.5 Å². The lowest BCUT2D eigenvalue weighted by Crippen LogP contribution is -2.58. The van der Waals surface area contributed by atoms with Crippen LogP contribution in [0.25, 0.3) is 5.57 Å². The molecule has 3 heterocycles. The van der Waals surface area contributed by atoms with Crippen molar-refractivity contribution in [3.63, 3.8) is 0 Å². The zero-order valence-electron chi connectivity index (χ0n) is 26.0. The molecule has 1 unspecified atom stereocenters. The summed E-state index contributed by atoms with van der Waals surface area (Å²) in [6.07, 6.45) is 4.99. The van der Waals surface area contributed by atoms with Crippen LogP contribution in [0.4, 0.5) is 15.9 Å². The van der Waals surface area contributed by atoms with Crippen LogP contribution in [0.3, 0.4) is 0 Å². The molecule has 0 aromatic carbocycles. The molecule has 0 aliphatic carbocycles. The van der Waals surface area contributed by atoms with Crippen LogP contribution in [-0.2, 0) is 4.79 Å². The maximum absolute atomic E-state index is 14.4. The van der Waals surface area contributed by atoms with E-state index in [1.165, 1.54) is 12.2 Å². The summed E-state index contributed by atoms with van der Waals surface area (Å²) in [5, 5.41) is 2.88. The molecule has 0 spiro atoms. The van der Waals surface area contributed by atoms with Crippen LogP contribution >= 0.6 is 11.6 Å². The van der Waals surface area contributed by atoms with Crippen molar-refractivity contribution in [3.05, 3.63) is 71.2 Å². The molecule has 3 rings (SSSR count). The van der Waals surface area contributed by atoms with Crippen LogP contribution in [0.2, 0.25) is 5.02 Å². The Labute approximate surface area is 254 Å². The van der Waals surface area contributed by atoms with Gasteiger partial charge in [0, 0.05) is 36.8 Å². The minimum Gasteiger partial charge on any atom is -0.351 e. The number of aromatic nitrogens is 3. The number of anilines is 1. The predicted octanol–water partition coefficient (Wildman–Crippen LogP) is 7.28. The molecule has 0 radical (unpaired) electrons. The first-order chi connectivity index (χ1) is 19.7. The molecule has 1 aliphatic rings. The van der Waals surface area contributed by atoms with Gasteiger partial charge in [0.15, 0.2) is 0 Å². The van der Waals surface area contributed by atoms with E-state index in [1.807, 2.05) is 0 Å². The van der Waals surface area contributed by atoms with Crippen molar-refractivity contribution >= 4 is 40.9 Å². The number of carbonyl (C=O) groups is 1. The minimum atomic E-state index is -0.723. The lowest BCUT2D eigenvalue weighted by atomic mass is 10.0. The number of halogens is 2. The smallest absolute Gasteiger partial charge is 0.212 e. The van der Waals surface area contributed by atoms with E-state index >= 15 is 0 Å². The number of allylic oxidation sites excluding steroid dienone is 4. The van der Waals surface area contributed by atoms with E-state index in [-0.39, 0.29) is 45.5 Å². The summed E-state index contributed by atoms with van der Waals surface area (Å²) < 4.78 is 14.4. The number of hydrogen-bond acceptors (Lipinski definition) is 6. The van der Waals surface area contributed by atoms with Gasteiger partial charge in [-0.2, -0.15) is 0 Å². The third-order valence-electron chi connectivity index (χ3n) is 7.28. The van der Waals surface area contributed by atoms with E-state index in [1.54, 1.807) is 12.4 Å². The molecule has 1 fully saturated rings. The Kier molecular flexibility index (Phi) is 10.8. The van der Waals surface area contributed by atoms with Gasteiger partial charge in [-0.1, -0.05) is 64.6 Å². The fourth-order valence-corrected chi connectivity index (χ4v) is 5.32. The van der Waals surface area contributed by atoms with Crippen molar-refractivity contribution in [2.24, 2.45) is 4.99 Å². The van der Waals surface area contributed by atoms with E-state index in [2.05, 4.69) is 98.6 Å². The minimum absolute atomic E-state index is 0.0000539. The van der Waals surface area contributed by atoms with Crippen molar-refractivity contribution in [3.8, 4) is 0 Å². The number of nitrogens with one attached hydrogen (secondary N) is 1. The summed E-state index contributed by atoms with van der Waals surface area (Å²) in [6, 6.07) is 1.72. The summed E-state index contributed by atoms with van der Waals surface area (Å²) in [6.45, 7) is 26.4. The molecule has 1 amide bonds. The fraction of sp³-hybridized carbons (Fsp3) is 0.469. The van der Waals surface area contributed by atoms with E-state index in [4.69, 9.17) is 16.6 Å². The molecule has 0 saturated carbocycles. The SMILES string of the molecule is C=C/C=C(\C(=C)F)c1nc(NC=O)c(C(=Nc2c(C(C)C)ncnc2C(C)C)N2CCN(C(C)(C)C)CC2C)cc1Cl. The number of pyridine rings is 1. The molecule has 10 heteroatoms. The molecule has 1 saturated heterocycles. The number of amides is 1. The first-order valence-corrected chi connectivity index (χ1v) is 14.6. The largest absolute Gasteiger partial charge is 0.351 e. The van der Waals surface area contributed by atoms with Crippen LogP contribution < -0.4 is 5.32 Å². The van der Waals surface area contributed by atoms with Crippen molar-refractivity contribution in [1.82, 2.24) is 24.8 Å². The van der Waals surface area contributed by atoms with Gasteiger partial charge in [-0.05, 0) is 45.6 Å². The molecule has 42 heavy (non-hydrogen) atoms. The second-order valence-corrected chi connectivity index (χ2v) is 12.5. The van der Waals surface area contributed by atoms with Gasteiger partial charge in [0.05, 0.1) is 27.7 Å². The number of piperazine rings is 1. The fourth-order valence-electron chi connectivity index (χ4n) is 5.06. The highest BCUT2D eigenvalue weighted by molar-refractivity contribution is 6.33. The summed E-state index contributed by atoms with van der Waals surface area (Å²) in [5.41, 5.74) is 3.03. The number of carbonyl (C=O) groups excluding carboxylic acids is 1. The Morgan fingerprint density at radius 1 is 1.19 bits per heavy atom. The topological polar surface area (TPSA) is 86.6 Å². The summed E-state index contributed by atoms with van der Waals surface area (Å²) in [4.78, 5) is 35.6. The zero-order valence-corrected chi connectivity index (χ0v) is 26.8. The predicted molar refractivity (Wildman–Crippen MR) is 171 cm³/mol. The normalized spacial score (nSPS) is 17.1. The molecule has 1 aliphatic heterocycles. The number of rotatable bonds is 9. The highest BCUT2D eigenvalue weighted by Gasteiger charge is 2.34. The Bertz CT molecular complexity index is 1370. The monoisotopic (exact) mass is 595 g/mol. The maximum atomic E-state index is 14.4. The molecular weight excluding hydrogens is 553 g/mol. The molecule has 226 valence electrons. The van der Waals surface area contributed by atoms with Crippen molar-refractivity contribution in [1.29, 1.82) is 0 Å². The standard InChI is InChI=1S/C32H43ClFN7O/c1-11-12-23(22(7)34)28-25(33)15-24(30(38-28)37-18-42)31(41-14-13-40(16-21(41)6)32(8,9)10)39-29-26(19(2)3)35-17-36-27(29)20(4)5/h11-12,15,17-21H,1,7,13-14,16H2,2-6,8-10H3,(H,37,38,42)/b23-12+,39-31?. The van der Waals surface area contributed by atoms with Crippen LogP contribution in [0.15, 0.2) is 48.5 Å². The van der Waals surface area contributed by atoms with E-state index in [0.29, 0.717) is 30.0 Å². The van der Waals surface area contributed by atoms with Gasteiger partial charge in [-0.15, -0.1) is 0 Å². The Hall–Kier alpha value is -3.43. The molecular formula is C32H43ClFN7O. The molecule has 0 bridgehead atoms. The highest BCUT2D eigenvalue weighted by atomic mass is 35.5. The first-order valence-electron chi connectivity index (χ1n) is 14.2. The molecule has 1 N–H and O–H groups in total. The number of hydrogen-bond donors (Lipinski definition) is 1. The highest BCUT2D eigenvalue weighted by Crippen LogP contribution is 2.36. The van der Waals surface area contributed by atoms with Gasteiger partial charge in [0.2, 0.25) is 6.41 Å².